The zero-order valence-corrected chi connectivity index (χ0v) is 11.4. The summed E-state index contributed by atoms with van der Waals surface area (Å²) in [6, 6.07) is -0.942. The van der Waals surface area contributed by atoms with Gasteiger partial charge in [0.1, 0.15) is 9.84 Å². The first kappa shape index (κ1) is 15.9. The van der Waals surface area contributed by atoms with Crippen molar-refractivity contribution in [3.63, 3.8) is 0 Å². The molecule has 0 aromatic heterocycles. The Morgan fingerprint density at radius 3 is 2.68 bits per heavy atom. The van der Waals surface area contributed by atoms with Gasteiger partial charge in [-0.05, 0) is 6.42 Å². The zero-order chi connectivity index (χ0) is 14.6. The number of aliphatic carboxylic acids is 1. The van der Waals surface area contributed by atoms with Crippen LogP contribution in [0.25, 0.3) is 0 Å². The molecule has 0 bridgehead atoms. The monoisotopic (exact) mass is 294 g/mol. The summed E-state index contributed by atoms with van der Waals surface area (Å²) in [5.74, 6) is -1.76. The molecule has 2 unspecified atom stereocenters. The number of nitrogens with zero attached hydrogens (tertiary/aromatic N) is 1. The van der Waals surface area contributed by atoms with Crippen LogP contribution in [0.15, 0.2) is 0 Å². The van der Waals surface area contributed by atoms with Gasteiger partial charge in [0.15, 0.2) is 6.10 Å². The minimum absolute atomic E-state index is 0.0206. The summed E-state index contributed by atoms with van der Waals surface area (Å²) in [4.78, 5) is 24.0. The van der Waals surface area contributed by atoms with E-state index in [9.17, 15) is 18.0 Å². The Bertz CT molecular complexity index is 449. The van der Waals surface area contributed by atoms with Gasteiger partial charge in [0.25, 0.3) is 0 Å². The molecule has 1 amide bonds. The fourth-order valence-electron chi connectivity index (χ4n) is 1.70. The number of rotatable bonds is 5. The van der Waals surface area contributed by atoms with E-state index in [2.05, 4.69) is 0 Å². The lowest BCUT2D eigenvalue weighted by molar-refractivity contribution is -0.159. The third kappa shape index (κ3) is 5.13. The van der Waals surface area contributed by atoms with Crippen LogP contribution >= 0.6 is 0 Å². The van der Waals surface area contributed by atoms with Crippen molar-refractivity contribution in [3.8, 4) is 0 Å². The third-order valence-electron chi connectivity index (χ3n) is 2.77. The summed E-state index contributed by atoms with van der Waals surface area (Å²) in [5.41, 5.74) is 5.63. The first-order chi connectivity index (χ1) is 8.70. The molecule has 0 aromatic carbocycles. The highest BCUT2D eigenvalue weighted by molar-refractivity contribution is 7.90. The van der Waals surface area contributed by atoms with Crippen LogP contribution in [0.3, 0.4) is 0 Å². The average Bonchev–Trinajstić information content (AvgIpc) is 2.34. The Hall–Kier alpha value is -1.19. The fraction of sp³-hybridized carbons (Fsp3) is 0.800. The summed E-state index contributed by atoms with van der Waals surface area (Å²) in [6.45, 7) is 0.317. The molecule has 9 heteroatoms. The minimum atomic E-state index is -3.18. The maximum absolute atomic E-state index is 11.9. The van der Waals surface area contributed by atoms with Gasteiger partial charge in [0.2, 0.25) is 5.91 Å². The Kier molecular flexibility index (Phi) is 5.27. The highest BCUT2D eigenvalue weighted by Gasteiger charge is 2.31. The molecule has 0 aromatic rings. The molecule has 0 aliphatic carbocycles. The van der Waals surface area contributed by atoms with Gasteiger partial charge in [-0.2, -0.15) is 0 Å². The number of carbonyl (C=O) groups is 2. The molecule has 1 aliphatic heterocycles. The molecule has 0 spiro atoms. The molecule has 1 saturated heterocycles. The van der Waals surface area contributed by atoms with Gasteiger partial charge in [-0.3, -0.25) is 4.79 Å². The molecular formula is C10H18N2O6S. The van der Waals surface area contributed by atoms with Crippen molar-refractivity contribution in [2.24, 2.45) is 5.73 Å². The topological polar surface area (TPSA) is 127 Å². The number of hydrogen-bond donors (Lipinski definition) is 2. The zero-order valence-electron chi connectivity index (χ0n) is 10.6. The van der Waals surface area contributed by atoms with Crippen LogP contribution in [0.1, 0.15) is 6.42 Å². The summed E-state index contributed by atoms with van der Waals surface area (Å²) in [5, 5.41) is 8.81. The number of hydrogen-bond acceptors (Lipinski definition) is 6. The quantitative estimate of drug-likeness (QED) is 0.604. The largest absolute Gasteiger partial charge is 0.479 e. The van der Waals surface area contributed by atoms with E-state index in [1.165, 1.54) is 4.90 Å². The molecule has 1 rings (SSSR count). The fourth-order valence-corrected chi connectivity index (χ4v) is 2.38. The van der Waals surface area contributed by atoms with Crippen LogP contribution in [0.4, 0.5) is 0 Å². The smallest absolute Gasteiger partial charge is 0.334 e. The van der Waals surface area contributed by atoms with E-state index in [0.29, 0.717) is 0 Å². The summed E-state index contributed by atoms with van der Waals surface area (Å²) in [7, 11) is -3.18. The molecular weight excluding hydrogens is 276 g/mol. The maximum Gasteiger partial charge on any atom is 0.334 e. The number of morpholine rings is 1. The van der Waals surface area contributed by atoms with Gasteiger partial charge in [0.05, 0.1) is 24.9 Å². The van der Waals surface area contributed by atoms with E-state index in [1.54, 1.807) is 0 Å². The first-order valence-corrected chi connectivity index (χ1v) is 7.83. The van der Waals surface area contributed by atoms with Crippen molar-refractivity contribution in [2.45, 2.75) is 18.6 Å². The predicted octanol–water partition coefficient (Wildman–Crippen LogP) is -1.94. The number of sulfone groups is 1. The van der Waals surface area contributed by atoms with Gasteiger partial charge >= 0.3 is 5.97 Å². The van der Waals surface area contributed by atoms with E-state index >= 15 is 0 Å². The Morgan fingerprint density at radius 2 is 2.16 bits per heavy atom. The first-order valence-electron chi connectivity index (χ1n) is 5.77. The van der Waals surface area contributed by atoms with Crippen LogP contribution in [0.2, 0.25) is 0 Å². The minimum Gasteiger partial charge on any atom is -0.479 e. The lowest BCUT2D eigenvalue weighted by Crippen LogP contribution is -2.53. The van der Waals surface area contributed by atoms with E-state index in [4.69, 9.17) is 15.6 Å². The van der Waals surface area contributed by atoms with Crippen molar-refractivity contribution in [1.82, 2.24) is 4.90 Å². The number of carboxylic acids is 1. The second-order valence-corrected chi connectivity index (χ2v) is 6.77. The van der Waals surface area contributed by atoms with E-state index in [-0.39, 0.29) is 31.9 Å². The number of carbonyl (C=O) groups excluding carboxylic acids is 1. The van der Waals surface area contributed by atoms with Crippen LogP contribution in [0, 0.1) is 0 Å². The molecule has 1 fully saturated rings. The van der Waals surface area contributed by atoms with E-state index in [0.717, 1.165) is 6.26 Å². The highest BCUT2D eigenvalue weighted by Crippen LogP contribution is 2.08. The predicted molar refractivity (Wildman–Crippen MR) is 66.3 cm³/mol. The molecule has 1 aliphatic rings. The molecule has 19 heavy (non-hydrogen) atoms. The van der Waals surface area contributed by atoms with Crippen molar-refractivity contribution >= 4 is 21.7 Å². The number of ether oxygens (including phenoxy) is 1. The van der Waals surface area contributed by atoms with Gasteiger partial charge < -0.3 is 20.5 Å². The second-order valence-electron chi connectivity index (χ2n) is 4.51. The molecule has 110 valence electrons. The summed E-state index contributed by atoms with van der Waals surface area (Å²) in [6.07, 6.45) is 0.0337. The van der Waals surface area contributed by atoms with Gasteiger partial charge in [0, 0.05) is 12.8 Å². The number of amides is 1. The molecule has 3 N–H and O–H groups in total. The van der Waals surface area contributed by atoms with Crippen molar-refractivity contribution in [1.29, 1.82) is 0 Å². The van der Waals surface area contributed by atoms with Gasteiger partial charge in [-0.1, -0.05) is 0 Å². The lowest BCUT2D eigenvalue weighted by atomic mass is 10.2. The number of carboxylic acid groups (broad SMARTS) is 1. The second kappa shape index (κ2) is 6.31. The SMILES string of the molecule is CS(=O)(=O)CCC(N)C(=O)N1CCOC(C(=O)O)C1. The van der Waals surface area contributed by atoms with Crippen LogP contribution in [0.5, 0.6) is 0 Å². The van der Waals surface area contributed by atoms with Gasteiger partial charge in [-0.15, -0.1) is 0 Å². The molecule has 8 nitrogen and oxygen atoms in total. The Labute approximate surface area is 111 Å². The van der Waals surface area contributed by atoms with Crippen LogP contribution < -0.4 is 5.73 Å². The maximum atomic E-state index is 11.9. The molecule has 0 radical (unpaired) electrons. The highest BCUT2D eigenvalue weighted by atomic mass is 32.2. The molecule has 0 saturated carbocycles. The standard InChI is InChI=1S/C10H18N2O6S/c1-19(16,17)5-2-7(11)9(13)12-3-4-18-8(6-12)10(14)15/h7-8H,2-6,11H2,1H3,(H,14,15). The van der Waals surface area contributed by atoms with E-state index in [1.807, 2.05) is 0 Å². The Balaban J connectivity index is 2.54. The number of nitrogens with two attached hydrogens (primary N) is 1. The van der Waals surface area contributed by atoms with Crippen molar-refractivity contribution in [3.05, 3.63) is 0 Å². The van der Waals surface area contributed by atoms with Crippen LogP contribution in [-0.4, -0.2) is 74.2 Å². The van der Waals surface area contributed by atoms with Crippen LogP contribution in [-0.2, 0) is 24.2 Å². The van der Waals surface area contributed by atoms with Gasteiger partial charge in [-0.25, -0.2) is 13.2 Å². The molecule has 1 heterocycles. The van der Waals surface area contributed by atoms with E-state index < -0.39 is 33.9 Å². The summed E-state index contributed by atoms with van der Waals surface area (Å²) < 4.78 is 27.0. The summed E-state index contributed by atoms with van der Waals surface area (Å²) >= 11 is 0. The normalized spacial score (nSPS) is 22.0. The molecule has 2 atom stereocenters. The Morgan fingerprint density at radius 1 is 1.53 bits per heavy atom. The lowest BCUT2D eigenvalue weighted by Gasteiger charge is -2.32. The average molecular weight is 294 g/mol. The van der Waals surface area contributed by atoms with Crippen molar-refractivity contribution in [2.75, 3.05) is 31.7 Å². The third-order valence-corrected chi connectivity index (χ3v) is 3.75. The van der Waals surface area contributed by atoms with Crippen molar-refractivity contribution < 1.29 is 27.9 Å².